The summed E-state index contributed by atoms with van der Waals surface area (Å²) in [6.07, 6.45) is 1.28. The maximum atomic E-state index is 12.6. The number of hydrogen-bond acceptors (Lipinski definition) is 7. The van der Waals surface area contributed by atoms with Gasteiger partial charge in [-0.25, -0.2) is 8.42 Å². The van der Waals surface area contributed by atoms with Gasteiger partial charge in [0.25, 0.3) is 10.0 Å². The van der Waals surface area contributed by atoms with E-state index in [4.69, 9.17) is 0 Å². The van der Waals surface area contributed by atoms with E-state index < -0.39 is 21.0 Å². The van der Waals surface area contributed by atoms with Crippen LogP contribution in [-0.4, -0.2) is 48.5 Å². The number of rotatable bonds is 6. The van der Waals surface area contributed by atoms with Gasteiger partial charge in [-0.3, -0.25) is 10.1 Å². The molecule has 1 atom stereocenters. The molecule has 8 nitrogen and oxygen atoms in total. The number of nitrogens with one attached hydrogen (secondary N) is 1. The van der Waals surface area contributed by atoms with Crippen molar-refractivity contribution in [2.75, 3.05) is 25.0 Å². The lowest BCUT2D eigenvalue weighted by Crippen LogP contribution is -2.37. The van der Waals surface area contributed by atoms with E-state index in [1.807, 2.05) is 0 Å². The molecule has 10 heteroatoms. The van der Waals surface area contributed by atoms with Gasteiger partial charge in [-0.1, -0.05) is 11.3 Å². The summed E-state index contributed by atoms with van der Waals surface area (Å²) in [7, 11) is -3.81. The molecule has 1 aliphatic heterocycles. The second kappa shape index (κ2) is 6.26. The molecule has 0 aliphatic carbocycles. The lowest BCUT2D eigenvalue weighted by atomic mass is 10.2. The van der Waals surface area contributed by atoms with Crippen molar-refractivity contribution in [2.24, 2.45) is 0 Å². The molecule has 1 aromatic rings. The fourth-order valence-electron chi connectivity index (χ4n) is 2.33. The van der Waals surface area contributed by atoms with Gasteiger partial charge in [0.2, 0.25) is 0 Å². The van der Waals surface area contributed by atoms with Gasteiger partial charge in [0.1, 0.15) is 4.21 Å². The molecule has 0 bridgehead atoms. The SMILES string of the molecule is CCNc1sc(S(=O)(=O)N2CCCC2CO)cc1[N+](=O)[O-]. The first-order valence-corrected chi connectivity index (χ1v) is 8.82. The smallest absolute Gasteiger partial charge is 0.304 e. The molecule has 0 amide bonds. The van der Waals surface area contributed by atoms with Gasteiger partial charge in [-0.05, 0) is 19.8 Å². The second-order valence-corrected chi connectivity index (χ2v) is 7.83. The molecule has 21 heavy (non-hydrogen) atoms. The number of aliphatic hydroxyl groups excluding tert-OH is 1. The van der Waals surface area contributed by atoms with Crippen molar-refractivity contribution in [3.63, 3.8) is 0 Å². The maximum absolute atomic E-state index is 12.6. The zero-order valence-corrected chi connectivity index (χ0v) is 13.1. The van der Waals surface area contributed by atoms with Crippen molar-refractivity contribution in [3.8, 4) is 0 Å². The summed E-state index contributed by atoms with van der Waals surface area (Å²) in [6.45, 7) is 2.33. The number of nitro groups is 1. The average Bonchev–Trinajstić information content (AvgIpc) is 3.05. The van der Waals surface area contributed by atoms with E-state index in [1.54, 1.807) is 6.92 Å². The van der Waals surface area contributed by atoms with Crippen LogP contribution in [0.3, 0.4) is 0 Å². The Balaban J connectivity index is 2.40. The molecule has 0 saturated carbocycles. The number of hydrogen-bond donors (Lipinski definition) is 2. The third-order valence-electron chi connectivity index (χ3n) is 3.32. The minimum absolute atomic E-state index is 0.0644. The largest absolute Gasteiger partial charge is 0.395 e. The molecule has 2 N–H and O–H groups in total. The monoisotopic (exact) mass is 335 g/mol. The Morgan fingerprint density at radius 1 is 1.62 bits per heavy atom. The second-order valence-electron chi connectivity index (χ2n) is 4.66. The van der Waals surface area contributed by atoms with E-state index in [0.717, 1.165) is 17.4 Å². The minimum atomic E-state index is -3.81. The summed E-state index contributed by atoms with van der Waals surface area (Å²) in [5.74, 6) is 0. The Hall–Kier alpha value is -1.23. The summed E-state index contributed by atoms with van der Waals surface area (Å²) < 4.78 is 26.3. The molecule has 0 radical (unpaired) electrons. The quantitative estimate of drug-likeness (QED) is 0.597. The van der Waals surface area contributed by atoms with E-state index >= 15 is 0 Å². The van der Waals surface area contributed by atoms with Crippen molar-refractivity contribution in [1.29, 1.82) is 0 Å². The highest BCUT2D eigenvalue weighted by Crippen LogP contribution is 2.39. The van der Waals surface area contributed by atoms with E-state index in [0.29, 0.717) is 25.9 Å². The zero-order valence-electron chi connectivity index (χ0n) is 11.5. The molecule has 1 aromatic heterocycles. The van der Waals surface area contributed by atoms with Crippen LogP contribution in [0.2, 0.25) is 0 Å². The first kappa shape index (κ1) is 16.1. The normalized spacial score (nSPS) is 19.8. The summed E-state index contributed by atoms with van der Waals surface area (Å²) in [5, 5.41) is 23.3. The van der Waals surface area contributed by atoms with E-state index in [9.17, 15) is 23.6 Å². The van der Waals surface area contributed by atoms with E-state index in [2.05, 4.69) is 5.32 Å². The molecule has 1 fully saturated rings. The van der Waals surface area contributed by atoms with Gasteiger partial charge in [0, 0.05) is 25.2 Å². The fourth-order valence-corrected chi connectivity index (χ4v) is 5.54. The van der Waals surface area contributed by atoms with Gasteiger partial charge in [0.05, 0.1) is 11.5 Å². The first-order chi connectivity index (χ1) is 9.91. The fraction of sp³-hybridized carbons (Fsp3) is 0.636. The van der Waals surface area contributed by atoms with Crippen molar-refractivity contribution in [2.45, 2.75) is 30.0 Å². The van der Waals surface area contributed by atoms with Crippen molar-refractivity contribution >= 4 is 32.0 Å². The Bertz CT molecular complexity index is 628. The summed E-state index contributed by atoms with van der Waals surface area (Å²) in [5.41, 5.74) is -0.236. The molecule has 0 spiro atoms. The summed E-state index contributed by atoms with van der Waals surface area (Å²) >= 11 is 0.855. The highest BCUT2D eigenvalue weighted by Gasteiger charge is 2.37. The van der Waals surface area contributed by atoms with E-state index in [-0.39, 0.29) is 21.5 Å². The Morgan fingerprint density at radius 2 is 2.33 bits per heavy atom. The van der Waals surface area contributed by atoms with Crippen LogP contribution in [0.5, 0.6) is 0 Å². The van der Waals surface area contributed by atoms with Gasteiger partial charge in [0.15, 0.2) is 5.00 Å². The number of aliphatic hydroxyl groups is 1. The molecule has 118 valence electrons. The molecule has 2 rings (SSSR count). The number of anilines is 1. The average molecular weight is 335 g/mol. The van der Waals surface area contributed by atoms with Crippen LogP contribution >= 0.6 is 11.3 Å². The number of nitrogens with zero attached hydrogens (tertiary/aromatic N) is 2. The standard InChI is InChI=1S/C11H17N3O5S2/c1-2-12-11-9(14(16)17)6-10(20-11)21(18,19)13-5-3-4-8(13)7-15/h6,8,12,15H,2-5,7H2,1H3. The Morgan fingerprint density at radius 3 is 2.90 bits per heavy atom. The first-order valence-electron chi connectivity index (χ1n) is 6.56. The number of sulfonamides is 1. The van der Waals surface area contributed by atoms with Crippen molar-refractivity contribution in [3.05, 3.63) is 16.2 Å². The molecule has 1 saturated heterocycles. The maximum Gasteiger partial charge on any atom is 0.304 e. The summed E-state index contributed by atoms with van der Waals surface area (Å²) in [4.78, 5) is 10.4. The van der Waals surface area contributed by atoms with Crippen LogP contribution in [0.15, 0.2) is 10.3 Å². The van der Waals surface area contributed by atoms with E-state index in [1.165, 1.54) is 4.31 Å². The van der Waals surface area contributed by atoms with Gasteiger partial charge >= 0.3 is 5.69 Å². The van der Waals surface area contributed by atoms with Crippen LogP contribution in [0.4, 0.5) is 10.7 Å². The van der Waals surface area contributed by atoms with Gasteiger partial charge in [-0.2, -0.15) is 4.31 Å². The van der Waals surface area contributed by atoms with Crippen LogP contribution in [0, 0.1) is 10.1 Å². The Labute approximate surface area is 126 Å². The highest BCUT2D eigenvalue weighted by atomic mass is 32.2. The van der Waals surface area contributed by atoms with Crippen LogP contribution in [-0.2, 0) is 10.0 Å². The molecule has 2 heterocycles. The van der Waals surface area contributed by atoms with Crippen molar-refractivity contribution in [1.82, 2.24) is 4.31 Å². The molecule has 0 aromatic carbocycles. The third kappa shape index (κ3) is 3.03. The molecular weight excluding hydrogens is 318 g/mol. The van der Waals surface area contributed by atoms with Crippen LogP contribution < -0.4 is 5.32 Å². The third-order valence-corrected chi connectivity index (χ3v) is 6.80. The predicted octanol–water partition coefficient (Wildman–Crippen LogP) is 1.23. The molecule has 1 unspecified atom stereocenters. The molecular formula is C11H17N3O5S2. The minimum Gasteiger partial charge on any atom is -0.395 e. The van der Waals surface area contributed by atoms with Gasteiger partial charge < -0.3 is 10.4 Å². The predicted molar refractivity (Wildman–Crippen MR) is 79.1 cm³/mol. The van der Waals surface area contributed by atoms with Crippen LogP contribution in [0.1, 0.15) is 19.8 Å². The van der Waals surface area contributed by atoms with Gasteiger partial charge in [-0.15, -0.1) is 0 Å². The summed E-state index contributed by atoms with van der Waals surface area (Å²) in [6, 6.07) is 0.642. The lowest BCUT2D eigenvalue weighted by molar-refractivity contribution is -0.383. The molecule has 1 aliphatic rings. The highest BCUT2D eigenvalue weighted by molar-refractivity contribution is 7.91. The Kier molecular flexibility index (Phi) is 4.81. The number of thiophene rings is 1. The van der Waals surface area contributed by atoms with Crippen LogP contribution in [0.25, 0.3) is 0 Å². The lowest BCUT2D eigenvalue weighted by Gasteiger charge is -2.21. The van der Waals surface area contributed by atoms with Crippen molar-refractivity contribution < 1.29 is 18.4 Å². The zero-order chi connectivity index (χ0) is 15.6. The topological polar surface area (TPSA) is 113 Å².